The van der Waals surface area contributed by atoms with Crippen molar-refractivity contribution < 1.29 is 9.47 Å². The molecule has 2 rings (SSSR count). The van der Waals surface area contributed by atoms with E-state index in [-0.39, 0.29) is 12.4 Å². The number of rotatable bonds is 6. The summed E-state index contributed by atoms with van der Waals surface area (Å²) in [5.41, 5.74) is 2.53. The van der Waals surface area contributed by atoms with Gasteiger partial charge >= 0.3 is 0 Å². The van der Waals surface area contributed by atoms with E-state index in [0.29, 0.717) is 5.92 Å². The van der Waals surface area contributed by atoms with Crippen molar-refractivity contribution >= 4 is 0 Å². The van der Waals surface area contributed by atoms with Gasteiger partial charge in [-0.05, 0) is 25.3 Å². The van der Waals surface area contributed by atoms with Gasteiger partial charge in [0.05, 0.1) is 12.7 Å². The Labute approximate surface area is 123 Å². The normalized spacial score (nSPS) is 26.6. The summed E-state index contributed by atoms with van der Waals surface area (Å²) in [7, 11) is 0. The molecule has 1 aliphatic heterocycles. The van der Waals surface area contributed by atoms with Gasteiger partial charge in [-0.25, -0.2) is 0 Å². The van der Waals surface area contributed by atoms with E-state index >= 15 is 0 Å². The van der Waals surface area contributed by atoms with Gasteiger partial charge in [-0.3, -0.25) is 0 Å². The molecule has 1 aromatic rings. The fraction of sp³-hybridized carbons (Fsp3) is 0.667. The van der Waals surface area contributed by atoms with Gasteiger partial charge in [0.1, 0.15) is 0 Å². The minimum atomic E-state index is -0.182. The van der Waals surface area contributed by atoms with Crippen LogP contribution in [0.25, 0.3) is 0 Å². The quantitative estimate of drug-likeness (QED) is 0.737. The topological polar surface area (TPSA) is 18.5 Å². The molecule has 0 spiro atoms. The minimum absolute atomic E-state index is 0.182. The Morgan fingerprint density at radius 2 is 1.85 bits per heavy atom. The van der Waals surface area contributed by atoms with E-state index in [2.05, 4.69) is 45.0 Å². The van der Waals surface area contributed by atoms with Gasteiger partial charge < -0.3 is 9.47 Å². The predicted molar refractivity (Wildman–Crippen MR) is 82.7 cm³/mol. The number of aryl methyl sites for hydroxylation is 1. The number of hydrogen-bond acceptors (Lipinski definition) is 2. The van der Waals surface area contributed by atoms with Crippen LogP contribution in [-0.4, -0.2) is 12.7 Å². The largest absolute Gasteiger partial charge is 0.348 e. The lowest BCUT2D eigenvalue weighted by Crippen LogP contribution is -2.34. The number of unbranched alkanes of at least 4 members (excludes halogenated alkanes) is 1. The Morgan fingerprint density at radius 3 is 2.45 bits per heavy atom. The first-order valence-electron chi connectivity index (χ1n) is 8.10. The number of hydrogen-bond donors (Lipinski definition) is 0. The summed E-state index contributed by atoms with van der Waals surface area (Å²) >= 11 is 0. The average molecular weight is 276 g/mol. The molecule has 1 aromatic carbocycles. The Balaban J connectivity index is 1.91. The first-order chi connectivity index (χ1) is 9.74. The van der Waals surface area contributed by atoms with E-state index in [9.17, 15) is 0 Å². The van der Waals surface area contributed by atoms with Crippen LogP contribution in [0.2, 0.25) is 0 Å². The molecule has 0 bridgehead atoms. The van der Waals surface area contributed by atoms with Crippen molar-refractivity contribution in [2.24, 2.45) is 5.92 Å². The second-order valence-corrected chi connectivity index (χ2v) is 5.90. The van der Waals surface area contributed by atoms with Crippen molar-refractivity contribution in [3.05, 3.63) is 35.4 Å². The summed E-state index contributed by atoms with van der Waals surface area (Å²) in [5.74, 6) is 0.547. The maximum atomic E-state index is 6.06. The maximum absolute atomic E-state index is 6.06. The Kier molecular flexibility index (Phi) is 6.06. The van der Waals surface area contributed by atoms with Crippen LogP contribution in [0.3, 0.4) is 0 Å². The highest BCUT2D eigenvalue weighted by molar-refractivity contribution is 5.23. The molecule has 3 atom stereocenters. The van der Waals surface area contributed by atoms with Gasteiger partial charge in [0.2, 0.25) is 0 Å². The highest BCUT2D eigenvalue weighted by Gasteiger charge is 2.29. The van der Waals surface area contributed by atoms with Crippen molar-refractivity contribution in [3.63, 3.8) is 0 Å². The third kappa shape index (κ3) is 4.07. The molecule has 2 heteroatoms. The molecule has 0 aliphatic carbocycles. The zero-order valence-electron chi connectivity index (χ0n) is 13.1. The molecular weight excluding hydrogens is 248 g/mol. The summed E-state index contributed by atoms with van der Waals surface area (Å²) in [6.45, 7) is 7.44. The van der Waals surface area contributed by atoms with Crippen molar-refractivity contribution in [2.45, 2.75) is 65.3 Å². The Hall–Kier alpha value is -0.860. The second kappa shape index (κ2) is 7.80. The molecule has 20 heavy (non-hydrogen) atoms. The van der Waals surface area contributed by atoms with Crippen LogP contribution in [-0.2, 0) is 15.9 Å². The average Bonchev–Trinajstić information content (AvgIpc) is 2.47. The van der Waals surface area contributed by atoms with Crippen LogP contribution in [0.5, 0.6) is 0 Å². The van der Waals surface area contributed by atoms with Gasteiger partial charge in [-0.1, -0.05) is 57.4 Å². The number of benzene rings is 1. The third-order valence-corrected chi connectivity index (χ3v) is 4.18. The molecule has 0 aromatic heterocycles. The van der Waals surface area contributed by atoms with Crippen LogP contribution in [0.15, 0.2) is 24.3 Å². The second-order valence-electron chi connectivity index (χ2n) is 5.90. The number of ether oxygens (including phenoxy) is 2. The lowest BCUT2D eigenvalue weighted by Gasteiger charge is -2.35. The van der Waals surface area contributed by atoms with E-state index in [4.69, 9.17) is 9.47 Å². The molecule has 0 radical (unpaired) electrons. The van der Waals surface area contributed by atoms with Crippen molar-refractivity contribution in [3.8, 4) is 0 Å². The highest BCUT2D eigenvalue weighted by atomic mass is 16.7. The van der Waals surface area contributed by atoms with Gasteiger partial charge in [0.15, 0.2) is 6.29 Å². The molecule has 1 aliphatic rings. The van der Waals surface area contributed by atoms with E-state index in [0.717, 1.165) is 18.6 Å². The van der Waals surface area contributed by atoms with Crippen LogP contribution >= 0.6 is 0 Å². The first-order valence-corrected chi connectivity index (χ1v) is 8.10. The molecule has 1 saturated heterocycles. The third-order valence-electron chi connectivity index (χ3n) is 4.18. The maximum Gasteiger partial charge on any atom is 0.184 e. The lowest BCUT2D eigenvalue weighted by molar-refractivity contribution is -0.237. The van der Waals surface area contributed by atoms with Gasteiger partial charge in [-0.2, -0.15) is 0 Å². The summed E-state index contributed by atoms with van der Waals surface area (Å²) in [6, 6.07) is 8.68. The zero-order chi connectivity index (χ0) is 14.4. The fourth-order valence-corrected chi connectivity index (χ4v) is 2.78. The predicted octanol–water partition coefficient (Wildman–Crippen LogP) is 4.88. The molecule has 112 valence electrons. The summed E-state index contributed by atoms with van der Waals surface area (Å²) in [4.78, 5) is 0. The Morgan fingerprint density at radius 1 is 1.10 bits per heavy atom. The van der Waals surface area contributed by atoms with Crippen LogP contribution in [0, 0.1) is 5.92 Å². The van der Waals surface area contributed by atoms with Crippen molar-refractivity contribution in [1.82, 2.24) is 0 Å². The van der Waals surface area contributed by atoms with Gasteiger partial charge in [0.25, 0.3) is 0 Å². The fourth-order valence-electron chi connectivity index (χ4n) is 2.78. The Bertz CT molecular complexity index is 385. The lowest BCUT2D eigenvalue weighted by atomic mass is 9.96. The first kappa shape index (κ1) is 15.5. The smallest absolute Gasteiger partial charge is 0.184 e. The van der Waals surface area contributed by atoms with Crippen LogP contribution in [0.4, 0.5) is 0 Å². The molecule has 1 fully saturated rings. The van der Waals surface area contributed by atoms with Gasteiger partial charge in [0, 0.05) is 11.5 Å². The van der Waals surface area contributed by atoms with E-state index < -0.39 is 0 Å². The molecule has 0 amide bonds. The van der Waals surface area contributed by atoms with Crippen LogP contribution < -0.4 is 0 Å². The SMILES string of the molecule is CCCCC1COC(c2ccc(CCC)cc2)OC1C. The zero-order valence-corrected chi connectivity index (χ0v) is 13.1. The minimum Gasteiger partial charge on any atom is -0.348 e. The van der Waals surface area contributed by atoms with Crippen LogP contribution in [0.1, 0.15) is 63.9 Å². The molecule has 3 unspecified atom stereocenters. The highest BCUT2D eigenvalue weighted by Crippen LogP contribution is 2.31. The molecule has 1 heterocycles. The monoisotopic (exact) mass is 276 g/mol. The molecule has 0 saturated carbocycles. The molecule has 0 N–H and O–H groups in total. The summed E-state index contributed by atoms with van der Waals surface area (Å²) in [6.07, 6.45) is 6.14. The standard InChI is InChI=1S/C18H28O2/c1-4-6-8-17-13-19-18(20-14(17)3)16-11-9-15(7-5-2)10-12-16/h9-12,14,17-18H,4-8,13H2,1-3H3. The van der Waals surface area contributed by atoms with Crippen molar-refractivity contribution in [2.75, 3.05) is 6.61 Å². The van der Waals surface area contributed by atoms with E-state index in [1.165, 1.54) is 31.2 Å². The van der Waals surface area contributed by atoms with Gasteiger partial charge in [-0.15, -0.1) is 0 Å². The van der Waals surface area contributed by atoms with Crippen molar-refractivity contribution in [1.29, 1.82) is 0 Å². The van der Waals surface area contributed by atoms with E-state index in [1.807, 2.05) is 0 Å². The molecule has 2 nitrogen and oxygen atoms in total. The molecular formula is C18H28O2. The summed E-state index contributed by atoms with van der Waals surface area (Å²) in [5, 5.41) is 0. The van der Waals surface area contributed by atoms with E-state index in [1.54, 1.807) is 0 Å². The summed E-state index contributed by atoms with van der Waals surface area (Å²) < 4.78 is 12.0.